The van der Waals surface area contributed by atoms with E-state index in [-0.39, 0.29) is 0 Å². The molecule has 0 saturated heterocycles. The van der Waals surface area contributed by atoms with Gasteiger partial charge in [0.1, 0.15) is 11.5 Å². The monoisotopic (exact) mass is 463 g/mol. The number of nitrogens with one attached hydrogen (secondary N) is 1. The Morgan fingerprint density at radius 1 is 0.969 bits per heavy atom. The van der Waals surface area contributed by atoms with Crippen molar-refractivity contribution in [1.29, 1.82) is 0 Å². The molecule has 0 bridgehead atoms. The SMILES string of the molecule is CCOc1cc(NC(=O)C(N=Nc2ccc(OC)c(OC)c2)C(C)=O)c(OCC)cc1Cl. The fraction of sp³-hybridized carbons (Fsp3) is 0.364. The molecule has 9 nitrogen and oxygen atoms in total. The number of anilines is 1. The maximum Gasteiger partial charge on any atom is 0.258 e. The van der Waals surface area contributed by atoms with Crippen molar-refractivity contribution in [2.24, 2.45) is 10.2 Å². The van der Waals surface area contributed by atoms with Crippen LogP contribution in [0.25, 0.3) is 0 Å². The van der Waals surface area contributed by atoms with Crippen molar-refractivity contribution >= 4 is 34.7 Å². The molecule has 0 aliphatic carbocycles. The van der Waals surface area contributed by atoms with Crippen LogP contribution < -0.4 is 24.3 Å². The number of methoxy groups -OCH3 is 2. The van der Waals surface area contributed by atoms with Gasteiger partial charge in [0.05, 0.1) is 43.8 Å². The van der Waals surface area contributed by atoms with Crippen LogP contribution in [-0.4, -0.2) is 45.2 Å². The van der Waals surface area contributed by atoms with Crippen LogP contribution in [0.1, 0.15) is 20.8 Å². The van der Waals surface area contributed by atoms with Gasteiger partial charge in [0.2, 0.25) is 6.04 Å². The lowest BCUT2D eigenvalue weighted by Gasteiger charge is -2.16. The van der Waals surface area contributed by atoms with Gasteiger partial charge in [-0.2, -0.15) is 10.2 Å². The van der Waals surface area contributed by atoms with Gasteiger partial charge in [-0.15, -0.1) is 0 Å². The topological polar surface area (TPSA) is 108 Å². The number of rotatable bonds is 11. The molecule has 2 rings (SSSR count). The third-order valence-corrected chi connectivity index (χ3v) is 4.48. The van der Waals surface area contributed by atoms with Crippen LogP contribution in [0.15, 0.2) is 40.6 Å². The molecule has 0 heterocycles. The number of hydrogen-bond acceptors (Lipinski definition) is 8. The molecule has 32 heavy (non-hydrogen) atoms. The Labute approximate surface area is 191 Å². The van der Waals surface area contributed by atoms with Gasteiger partial charge in [-0.3, -0.25) is 9.59 Å². The number of nitrogens with zero attached hydrogens (tertiary/aromatic N) is 2. The van der Waals surface area contributed by atoms with Crippen LogP contribution in [0.3, 0.4) is 0 Å². The summed E-state index contributed by atoms with van der Waals surface area (Å²) in [5, 5.41) is 11.0. The molecular formula is C22H26ClN3O6. The Bertz CT molecular complexity index is 996. The van der Waals surface area contributed by atoms with E-state index in [0.717, 1.165) is 0 Å². The summed E-state index contributed by atoms with van der Waals surface area (Å²) >= 11 is 6.20. The Morgan fingerprint density at radius 2 is 1.62 bits per heavy atom. The molecule has 0 aromatic heterocycles. The van der Waals surface area contributed by atoms with E-state index in [1.54, 1.807) is 31.2 Å². The summed E-state index contributed by atoms with van der Waals surface area (Å²) in [4.78, 5) is 25.0. The lowest BCUT2D eigenvalue weighted by molar-refractivity contribution is -0.126. The molecule has 0 aliphatic rings. The number of amides is 1. The summed E-state index contributed by atoms with van der Waals surface area (Å²) < 4.78 is 21.4. The van der Waals surface area contributed by atoms with Crippen molar-refractivity contribution in [2.75, 3.05) is 32.8 Å². The molecule has 1 atom stereocenters. The number of hydrogen-bond donors (Lipinski definition) is 1. The van der Waals surface area contributed by atoms with Crippen molar-refractivity contribution < 1.29 is 28.5 Å². The van der Waals surface area contributed by atoms with E-state index < -0.39 is 17.7 Å². The van der Waals surface area contributed by atoms with Gasteiger partial charge < -0.3 is 24.3 Å². The van der Waals surface area contributed by atoms with Crippen LogP contribution in [0.2, 0.25) is 5.02 Å². The van der Waals surface area contributed by atoms with Gasteiger partial charge >= 0.3 is 0 Å². The fourth-order valence-corrected chi connectivity index (χ4v) is 2.91. The van der Waals surface area contributed by atoms with Crippen LogP contribution in [0.4, 0.5) is 11.4 Å². The van der Waals surface area contributed by atoms with E-state index >= 15 is 0 Å². The minimum Gasteiger partial charge on any atom is -0.493 e. The lowest BCUT2D eigenvalue weighted by Crippen LogP contribution is -2.32. The quantitative estimate of drug-likeness (QED) is 0.377. The van der Waals surface area contributed by atoms with Crippen LogP contribution >= 0.6 is 11.6 Å². The van der Waals surface area contributed by atoms with Crippen LogP contribution in [0, 0.1) is 0 Å². The van der Waals surface area contributed by atoms with Gasteiger partial charge in [0, 0.05) is 18.2 Å². The Balaban J connectivity index is 2.30. The largest absolute Gasteiger partial charge is 0.493 e. The molecule has 1 unspecified atom stereocenters. The van der Waals surface area contributed by atoms with Gasteiger partial charge in [-0.1, -0.05) is 11.6 Å². The molecule has 10 heteroatoms. The number of Topliss-reactive ketones (excluding diaryl/α,β-unsaturated/α-hetero) is 1. The normalized spacial score (nSPS) is 11.7. The second-order valence-corrected chi connectivity index (χ2v) is 6.81. The highest BCUT2D eigenvalue weighted by atomic mass is 35.5. The number of halogens is 1. The lowest BCUT2D eigenvalue weighted by atomic mass is 10.2. The molecule has 0 aliphatic heterocycles. The predicted octanol–water partition coefficient (Wildman–Crippen LogP) is 4.83. The first-order valence-corrected chi connectivity index (χ1v) is 10.3. The van der Waals surface area contributed by atoms with Gasteiger partial charge in [0.25, 0.3) is 5.91 Å². The summed E-state index contributed by atoms with van der Waals surface area (Å²) in [7, 11) is 3.00. The highest BCUT2D eigenvalue weighted by Gasteiger charge is 2.25. The zero-order chi connectivity index (χ0) is 23.7. The summed E-state index contributed by atoms with van der Waals surface area (Å²) in [6.45, 7) is 5.60. The Morgan fingerprint density at radius 3 is 2.22 bits per heavy atom. The third kappa shape index (κ3) is 6.34. The standard InChI is InChI=1S/C22H26ClN3O6/c1-6-31-18-12-16(19(32-7-2)11-15(18)23)24-22(28)21(13(3)27)26-25-14-8-9-17(29-4)20(10-14)30-5/h8-12,21H,6-7H2,1-5H3,(H,24,28). The van der Waals surface area contributed by atoms with E-state index in [9.17, 15) is 9.59 Å². The smallest absolute Gasteiger partial charge is 0.258 e. The highest BCUT2D eigenvalue weighted by molar-refractivity contribution is 6.32. The average molecular weight is 464 g/mol. The molecular weight excluding hydrogens is 438 g/mol. The third-order valence-electron chi connectivity index (χ3n) is 4.18. The molecule has 2 aromatic rings. The first-order chi connectivity index (χ1) is 15.3. The number of benzene rings is 2. The molecule has 172 valence electrons. The van der Waals surface area contributed by atoms with Crippen molar-refractivity contribution in [3.63, 3.8) is 0 Å². The summed E-state index contributed by atoms with van der Waals surface area (Å²) in [6, 6.07) is 6.56. The van der Waals surface area contributed by atoms with E-state index in [0.29, 0.717) is 52.6 Å². The van der Waals surface area contributed by atoms with E-state index in [2.05, 4.69) is 15.5 Å². The minimum absolute atomic E-state index is 0.303. The first-order valence-electron chi connectivity index (χ1n) is 9.87. The predicted molar refractivity (Wildman–Crippen MR) is 121 cm³/mol. The molecule has 1 amide bonds. The number of carbonyl (C=O) groups is 2. The zero-order valence-corrected chi connectivity index (χ0v) is 19.4. The summed E-state index contributed by atoms with van der Waals surface area (Å²) in [6.07, 6.45) is 0. The van der Waals surface area contributed by atoms with E-state index in [1.165, 1.54) is 27.2 Å². The number of ether oxygens (including phenoxy) is 4. The van der Waals surface area contributed by atoms with E-state index in [4.69, 9.17) is 30.5 Å². The zero-order valence-electron chi connectivity index (χ0n) is 18.6. The van der Waals surface area contributed by atoms with E-state index in [1.807, 2.05) is 6.92 Å². The van der Waals surface area contributed by atoms with Crippen LogP contribution in [-0.2, 0) is 9.59 Å². The van der Waals surface area contributed by atoms with Crippen molar-refractivity contribution in [2.45, 2.75) is 26.8 Å². The minimum atomic E-state index is -1.37. The fourth-order valence-electron chi connectivity index (χ4n) is 2.70. The summed E-state index contributed by atoms with van der Waals surface area (Å²) in [5.74, 6) is 0.520. The molecule has 1 N–H and O–H groups in total. The first kappa shape index (κ1) is 24.9. The Kier molecular flexibility index (Phi) is 9.27. The molecule has 0 radical (unpaired) electrons. The summed E-state index contributed by atoms with van der Waals surface area (Å²) in [5.41, 5.74) is 0.694. The van der Waals surface area contributed by atoms with Crippen molar-refractivity contribution in [1.82, 2.24) is 0 Å². The maximum atomic E-state index is 12.8. The number of carbonyl (C=O) groups excluding carboxylic acids is 2. The second kappa shape index (κ2) is 11.9. The van der Waals surface area contributed by atoms with Crippen molar-refractivity contribution in [3.8, 4) is 23.0 Å². The second-order valence-electron chi connectivity index (χ2n) is 6.40. The maximum absolute atomic E-state index is 12.8. The number of azo groups is 1. The average Bonchev–Trinajstić information content (AvgIpc) is 2.76. The highest BCUT2D eigenvalue weighted by Crippen LogP contribution is 2.36. The van der Waals surface area contributed by atoms with Gasteiger partial charge in [-0.05, 0) is 32.9 Å². The molecule has 2 aromatic carbocycles. The van der Waals surface area contributed by atoms with Crippen LogP contribution in [0.5, 0.6) is 23.0 Å². The molecule has 0 saturated carbocycles. The number of ketones is 1. The molecule has 0 fully saturated rings. The molecule has 0 spiro atoms. The van der Waals surface area contributed by atoms with Crippen molar-refractivity contribution in [3.05, 3.63) is 35.4 Å². The van der Waals surface area contributed by atoms with Gasteiger partial charge in [0.15, 0.2) is 17.3 Å². The Hall–Kier alpha value is -3.33. The van der Waals surface area contributed by atoms with Gasteiger partial charge in [-0.25, -0.2) is 0 Å².